The highest BCUT2D eigenvalue weighted by atomic mass is 32.2. The highest BCUT2D eigenvalue weighted by Gasteiger charge is 2.10. The number of hydrogen-bond acceptors (Lipinski definition) is 7. The van der Waals surface area contributed by atoms with Gasteiger partial charge in [-0.05, 0) is 23.6 Å². The van der Waals surface area contributed by atoms with E-state index in [0.29, 0.717) is 21.7 Å². The van der Waals surface area contributed by atoms with Crippen LogP contribution in [0.1, 0.15) is 4.88 Å². The van der Waals surface area contributed by atoms with E-state index >= 15 is 0 Å². The number of hydrogen-bond donors (Lipinski definition) is 2. The molecule has 0 saturated carbocycles. The van der Waals surface area contributed by atoms with Crippen molar-refractivity contribution in [1.29, 1.82) is 0 Å². The van der Waals surface area contributed by atoms with Crippen molar-refractivity contribution in [2.75, 3.05) is 11.1 Å². The van der Waals surface area contributed by atoms with Gasteiger partial charge in [0.2, 0.25) is 11.0 Å². The number of nitrogens with one attached hydrogen (secondary N) is 2. The zero-order valence-electron chi connectivity index (χ0n) is 12.4. The summed E-state index contributed by atoms with van der Waals surface area (Å²) in [5.41, 5.74) is 0.346. The number of amides is 1. The third kappa shape index (κ3) is 4.76. The number of carbonyl (C=O) groups is 1. The number of anilines is 2. The maximum Gasteiger partial charge on any atom is 0.230 e. The maximum absolute atomic E-state index is 13.6. The number of aromatic nitrogens is 2. The zero-order chi connectivity index (χ0) is 16.8. The fourth-order valence-electron chi connectivity index (χ4n) is 1.77. The fourth-order valence-corrected chi connectivity index (χ4v) is 4.01. The molecule has 0 fully saturated rings. The molecule has 5 nitrogen and oxygen atoms in total. The summed E-state index contributed by atoms with van der Waals surface area (Å²) in [4.78, 5) is 12.9. The molecule has 2 heterocycles. The van der Waals surface area contributed by atoms with Crippen LogP contribution in [0.15, 0.2) is 46.1 Å². The molecular weight excluding hydrogens is 367 g/mol. The quantitative estimate of drug-likeness (QED) is 0.609. The van der Waals surface area contributed by atoms with Gasteiger partial charge in [-0.3, -0.25) is 4.79 Å². The lowest BCUT2D eigenvalue weighted by Gasteiger charge is -2.02. The van der Waals surface area contributed by atoms with Crippen LogP contribution in [-0.4, -0.2) is 21.9 Å². The van der Waals surface area contributed by atoms with E-state index in [0.717, 1.165) is 4.88 Å². The molecule has 2 aromatic heterocycles. The fraction of sp³-hybridized carbons (Fsp3) is 0.133. The molecule has 0 saturated heterocycles. The van der Waals surface area contributed by atoms with Gasteiger partial charge >= 0.3 is 0 Å². The molecule has 2 N–H and O–H groups in total. The minimum atomic E-state index is -0.352. The standard InChI is InChI=1S/C15H13FN4OS3/c16-11-5-1-2-6-12(11)18-14-19-20-15(24-14)23-9-13(21)17-8-10-4-3-7-22-10/h1-7H,8-9H2,(H,17,21)(H,18,19). The number of nitrogens with zero attached hydrogens (tertiary/aromatic N) is 2. The first-order valence-electron chi connectivity index (χ1n) is 6.97. The highest BCUT2D eigenvalue weighted by Crippen LogP contribution is 2.28. The molecule has 0 aliphatic carbocycles. The van der Waals surface area contributed by atoms with Crippen LogP contribution in [0.3, 0.4) is 0 Å². The molecular formula is C15H13FN4OS3. The van der Waals surface area contributed by atoms with Gasteiger partial charge in [0.1, 0.15) is 5.82 Å². The summed E-state index contributed by atoms with van der Waals surface area (Å²) >= 11 is 4.19. The Hall–Kier alpha value is -1.97. The van der Waals surface area contributed by atoms with Crippen molar-refractivity contribution in [3.63, 3.8) is 0 Å². The van der Waals surface area contributed by atoms with Crippen molar-refractivity contribution >= 4 is 51.2 Å². The molecule has 3 aromatic rings. The molecule has 9 heteroatoms. The van der Waals surface area contributed by atoms with E-state index in [2.05, 4.69) is 20.8 Å². The van der Waals surface area contributed by atoms with E-state index < -0.39 is 0 Å². The molecule has 0 unspecified atom stereocenters. The number of thioether (sulfide) groups is 1. The topological polar surface area (TPSA) is 66.9 Å². The third-order valence-electron chi connectivity index (χ3n) is 2.89. The Kier molecular flexibility index (Phi) is 5.78. The number of benzene rings is 1. The number of rotatable bonds is 7. The average Bonchev–Trinajstić information content (AvgIpc) is 3.25. The van der Waals surface area contributed by atoms with Crippen LogP contribution in [0.2, 0.25) is 0 Å². The first kappa shape index (κ1) is 16.9. The number of thiophene rings is 1. The van der Waals surface area contributed by atoms with Crippen LogP contribution in [0, 0.1) is 5.82 Å². The highest BCUT2D eigenvalue weighted by molar-refractivity contribution is 8.01. The van der Waals surface area contributed by atoms with Gasteiger partial charge in [-0.2, -0.15) is 0 Å². The lowest BCUT2D eigenvalue weighted by atomic mass is 10.3. The monoisotopic (exact) mass is 380 g/mol. The summed E-state index contributed by atoms with van der Waals surface area (Å²) in [6.45, 7) is 0.535. The largest absolute Gasteiger partial charge is 0.350 e. The molecule has 3 rings (SSSR count). The summed E-state index contributed by atoms with van der Waals surface area (Å²) < 4.78 is 14.2. The van der Waals surface area contributed by atoms with Crippen molar-refractivity contribution in [1.82, 2.24) is 15.5 Å². The Morgan fingerprint density at radius 3 is 2.88 bits per heavy atom. The molecule has 1 aromatic carbocycles. The van der Waals surface area contributed by atoms with Crippen molar-refractivity contribution < 1.29 is 9.18 Å². The normalized spacial score (nSPS) is 10.5. The first-order chi connectivity index (χ1) is 11.7. The molecule has 0 bridgehead atoms. The smallest absolute Gasteiger partial charge is 0.230 e. The minimum Gasteiger partial charge on any atom is -0.350 e. The van der Waals surface area contributed by atoms with E-state index in [9.17, 15) is 9.18 Å². The van der Waals surface area contributed by atoms with Crippen molar-refractivity contribution in [3.8, 4) is 0 Å². The van der Waals surface area contributed by atoms with Crippen LogP contribution >= 0.6 is 34.4 Å². The third-order valence-corrected chi connectivity index (χ3v) is 5.74. The van der Waals surface area contributed by atoms with Gasteiger partial charge in [-0.25, -0.2) is 4.39 Å². The summed E-state index contributed by atoms with van der Waals surface area (Å²) in [6.07, 6.45) is 0. The SMILES string of the molecule is O=C(CSc1nnc(Nc2ccccc2F)s1)NCc1cccs1. The Labute approximate surface area is 150 Å². The van der Waals surface area contributed by atoms with Gasteiger partial charge in [-0.1, -0.05) is 41.3 Å². The van der Waals surface area contributed by atoms with Gasteiger partial charge in [0.25, 0.3) is 0 Å². The summed E-state index contributed by atoms with van der Waals surface area (Å²) in [5.74, 6) is -0.151. The molecule has 0 aliphatic rings. The van der Waals surface area contributed by atoms with Crippen molar-refractivity contribution in [2.45, 2.75) is 10.9 Å². The average molecular weight is 380 g/mol. The maximum atomic E-state index is 13.6. The first-order valence-corrected chi connectivity index (χ1v) is 9.66. The van der Waals surface area contributed by atoms with Crippen LogP contribution in [0.4, 0.5) is 15.2 Å². The van der Waals surface area contributed by atoms with E-state index in [4.69, 9.17) is 0 Å². The summed E-state index contributed by atoms with van der Waals surface area (Å²) in [7, 11) is 0. The molecule has 0 atom stereocenters. The molecule has 0 spiro atoms. The number of halogens is 1. The van der Waals surface area contributed by atoms with E-state index in [-0.39, 0.29) is 17.5 Å². The Bertz CT molecular complexity index is 807. The number of carbonyl (C=O) groups excluding carboxylic acids is 1. The van der Waals surface area contributed by atoms with Crippen molar-refractivity contribution in [3.05, 3.63) is 52.5 Å². The van der Waals surface area contributed by atoms with Gasteiger partial charge in [-0.15, -0.1) is 21.5 Å². The molecule has 124 valence electrons. The van der Waals surface area contributed by atoms with Gasteiger partial charge in [0.05, 0.1) is 18.0 Å². The Morgan fingerprint density at radius 1 is 1.21 bits per heavy atom. The van der Waals surface area contributed by atoms with Crippen molar-refractivity contribution in [2.24, 2.45) is 0 Å². The van der Waals surface area contributed by atoms with Gasteiger partial charge in [0, 0.05) is 4.88 Å². The second-order valence-electron chi connectivity index (χ2n) is 4.62. The lowest BCUT2D eigenvalue weighted by Crippen LogP contribution is -2.24. The second kappa shape index (κ2) is 8.22. The molecule has 0 radical (unpaired) electrons. The molecule has 1 amide bonds. The summed E-state index contributed by atoms with van der Waals surface area (Å²) in [6, 6.07) is 10.3. The summed E-state index contributed by atoms with van der Waals surface area (Å²) in [5, 5.41) is 16.1. The number of para-hydroxylation sites is 1. The minimum absolute atomic E-state index is 0.0628. The van der Waals surface area contributed by atoms with Crippen LogP contribution in [0.25, 0.3) is 0 Å². The van der Waals surface area contributed by atoms with Crippen LogP contribution in [-0.2, 0) is 11.3 Å². The van der Waals surface area contributed by atoms with E-state index in [1.807, 2.05) is 17.5 Å². The second-order valence-corrected chi connectivity index (χ2v) is 7.85. The molecule has 24 heavy (non-hydrogen) atoms. The predicted octanol–water partition coefficient (Wildman–Crippen LogP) is 3.89. The van der Waals surface area contributed by atoms with Crippen LogP contribution < -0.4 is 10.6 Å². The molecule has 0 aliphatic heterocycles. The van der Waals surface area contributed by atoms with Gasteiger partial charge in [0.15, 0.2) is 4.34 Å². The van der Waals surface area contributed by atoms with E-state index in [1.54, 1.807) is 29.5 Å². The zero-order valence-corrected chi connectivity index (χ0v) is 14.8. The van der Waals surface area contributed by atoms with Gasteiger partial charge < -0.3 is 10.6 Å². The predicted molar refractivity (Wildman–Crippen MR) is 96.5 cm³/mol. The Morgan fingerprint density at radius 2 is 2.08 bits per heavy atom. The van der Waals surface area contributed by atoms with Crippen LogP contribution in [0.5, 0.6) is 0 Å². The lowest BCUT2D eigenvalue weighted by molar-refractivity contribution is -0.118. The Balaban J connectivity index is 1.47. The van der Waals surface area contributed by atoms with E-state index in [1.165, 1.54) is 29.2 Å².